The van der Waals surface area contributed by atoms with Crippen LogP contribution in [0.3, 0.4) is 0 Å². The fourth-order valence-corrected chi connectivity index (χ4v) is 4.17. The van der Waals surface area contributed by atoms with Gasteiger partial charge in [-0.05, 0) is 51.2 Å². The number of H-pyrrole nitrogens is 1. The van der Waals surface area contributed by atoms with Gasteiger partial charge in [-0.1, -0.05) is 19.1 Å². The van der Waals surface area contributed by atoms with Gasteiger partial charge < -0.3 is 9.88 Å². The van der Waals surface area contributed by atoms with E-state index in [1.165, 1.54) is 43.2 Å². The van der Waals surface area contributed by atoms with Crippen LogP contribution in [0.25, 0.3) is 22.3 Å². The SMILES string of the molecule is CC1CCCCN1c1cc(C2(C)CC2)nc(-c2cccc3[nH]ccc23)n1. The summed E-state index contributed by atoms with van der Waals surface area (Å²) < 4.78 is 0. The van der Waals surface area contributed by atoms with Crippen molar-refractivity contribution in [3.8, 4) is 11.4 Å². The Morgan fingerprint density at radius 2 is 2.04 bits per heavy atom. The van der Waals surface area contributed by atoms with Gasteiger partial charge in [0, 0.05) is 46.7 Å². The molecular weight excluding hydrogens is 320 g/mol. The van der Waals surface area contributed by atoms with E-state index in [1.54, 1.807) is 0 Å². The fraction of sp³-hybridized carbons (Fsp3) is 0.455. The van der Waals surface area contributed by atoms with Gasteiger partial charge in [0.25, 0.3) is 0 Å². The molecule has 0 radical (unpaired) electrons. The molecule has 1 aliphatic carbocycles. The molecule has 1 N–H and O–H groups in total. The third kappa shape index (κ3) is 2.59. The van der Waals surface area contributed by atoms with Crippen molar-refractivity contribution in [3.63, 3.8) is 0 Å². The largest absolute Gasteiger partial charge is 0.361 e. The van der Waals surface area contributed by atoms with Gasteiger partial charge in [0.2, 0.25) is 0 Å². The molecule has 3 heterocycles. The molecule has 4 nitrogen and oxygen atoms in total. The maximum atomic E-state index is 5.05. The third-order valence-corrected chi connectivity index (χ3v) is 6.26. The minimum absolute atomic E-state index is 0.234. The lowest BCUT2D eigenvalue weighted by Crippen LogP contribution is -2.38. The average molecular weight is 346 g/mol. The van der Waals surface area contributed by atoms with E-state index in [9.17, 15) is 0 Å². The minimum atomic E-state index is 0.234. The van der Waals surface area contributed by atoms with Gasteiger partial charge in [-0.2, -0.15) is 0 Å². The second kappa shape index (κ2) is 5.83. The number of hydrogen-bond donors (Lipinski definition) is 1. The zero-order chi connectivity index (χ0) is 17.7. The molecule has 2 aromatic heterocycles. The molecular formula is C22H26N4. The predicted octanol–water partition coefficient (Wildman–Crippen LogP) is 5.06. The number of piperidine rings is 1. The Kier molecular flexibility index (Phi) is 3.56. The number of aromatic nitrogens is 3. The van der Waals surface area contributed by atoms with Gasteiger partial charge in [-0.25, -0.2) is 9.97 Å². The van der Waals surface area contributed by atoms with Crippen LogP contribution in [-0.4, -0.2) is 27.5 Å². The van der Waals surface area contributed by atoms with Crippen molar-refractivity contribution in [2.45, 2.75) is 57.4 Å². The summed E-state index contributed by atoms with van der Waals surface area (Å²) in [5.74, 6) is 1.98. The van der Waals surface area contributed by atoms with Gasteiger partial charge in [-0.3, -0.25) is 0 Å². The summed E-state index contributed by atoms with van der Waals surface area (Å²) in [7, 11) is 0. The Morgan fingerprint density at radius 1 is 1.15 bits per heavy atom. The summed E-state index contributed by atoms with van der Waals surface area (Å²) in [4.78, 5) is 15.9. The van der Waals surface area contributed by atoms with Crippen molar-refractivity contribution in [2.75, 3.05) is 11.4 Å². The Morgan fingerprint density at radius 3 is 2.85 bits per heavy atom. The number of anilines is 1. The molecule has 0 spiro atoms. The van der Waals surface area contributed by atoms with Crippen molar-refractivity contribution in [3.05, 3.63) is 42.2 Å². The Balaban J connectivity index is 1.67. The summed E-state index contributed by atoms with van der Waals surface area (Å²) in [5, 5.41) is 1.20. The molecule has 0 amide bonds. The molecule has 2 fully saturated rings. The number of nitrogens with one attached hydrogen (secondary N) is 1. The van der Waals surface area contributed by atoms with E-state index in [0.29, 0.717) is 6.04 Å². The topological polar surface area (TPSA) is 44.8 Å². The van der Waals surface area contributed by atoms with Gasteiger partial charge in [0.1, 0.15) is 5.82 Å². The zero-order valence-electron chi connectivity index (χ0n) is 15.6. The van der Waals surface area contributed by atoms with Crippen LogP contribution in [0.15, 0.2) is 36.5 Å². The first-order valence-electron chi connectivity index (χ1n) is 9.87. The van der Waals surface area contributed by atoms with Crippen molar-refractivity contribution in [1.29, 1.82) is 0 Å². The summed E-state index contributed by atoms with van der Waals surface area (Å²) in [6.07, 6.45) is 8.28. The van der Waals surface area contributed by atoms with Crippen LogP contribution in [0.1, 0.15) is 51.6 Å². The first-order valence-corrected chi connectivity index (χ1v) is 9.87. The Bertz CT molecular complexity index is 954. The zero-order valence-corrected chi connectivity index (χ0v) is 15.6. The highest BCUT2D eigenvalue weighted by molar-refractivity contribution is 5.93. The van der Waals surface area contributed by atoms with E-state index < -0.39 is 0 Å². The molecule has 1 saturated heterocycles. The van der Waals surface area contributed by atoms with Crippen LogP contribution in [0, 0.1) is 0 Å². The van der Waals surface area contributed by atoms with Gasteiger partial charge in [-0.15, -0.1) is 0 Å². The normalized spacial score (nSPS) is 21.9. The maximum absolute atomic E-state index is 5.05. The first-order chi connectivity index (χ1) is 12.6. The van der Waals surface area contributed by atoms with E-state index in [0.717, 1.165) is 29.3 Å². The van der Waals surface area contributed by atoms with Crippen molar-refractivity contribution in [1.82, 2.24) is 15.0 Å². The molecule has 2 aliphatic rings. The molecule has 1 aliphatic heterocycles. The van der Waals surface area contributed by atoms with Crippen LogP contribution in [0.4, 0.5) is 5.82 Å². The standard InChI is InChI=1S/C22H26N4/c1-15-6-3-4-13-26(15)20-14-19(22(2)10-11-22)24-21(25-20)17-7-5-8-18-16(17)9-12-23-18/h5,7-9,12,14-15,23H,3-4,6,10-11,13H2,1-2H3. The minimum Gasteiger partial charge on any atom is -0.361 e. The van der Waals surface area contributed by atoms with E-state index in [2.05, 4.69) is 54.1 Å². The summed E-state index contributed by atoms with van der Waals surface area (Å²) >= 11 is 0. The fourth-order valence-electron chi connectivity index (χ4n) is 4.17. The highest BCUT2D eigenvalue weighted by atomic mass is 15.2. The van der Waals surface area contributed by atoms with Crippen molar-refractivity contribution < 1.29 is 0 Å². The van der Waals surface area contributed by atoms with Gasteiger partial charge in [0.15, 0.2) is 5.82 Å². The molecule has 1 aromatic carbocycles. The van der Waals surface area contributed by atoms with E-state index in [1.807, 2.05) is 6.20 Å². The second-order valence-corrected chi connectivity index (χ2v) is 8.28. The average Bonchev–Trinajstić information content (AvgIpc) is 3.23. The first kappa shape index (κ1) is 15.9. The third-order valence-electron chi connectivity index (χ3n) is 6.26. The summed E-state index contributed by atoms with van der Waals surface area (Å²) in [6.45, 7) is 5.76. The molecule has 0 bridgehead atoms. The van der Waals surface area contributed by atoms with E-state index >= 15 is 0 Å². The quantitative estimate of drug-likeness (QED) is 0.721. The number of hydrogen-bond acceptors (Lipinski definition) is 3. The van der Waals surface area contributed by atoms with E-state index in [4.69, 9.17) is 9.97 Å². The van der Waals surface area contributed by atoms with Crippen LogP contribution in [0.5, 0.6) is 0 Å². The van der Waals surface area contributed by atoms with Crippen LogP contribution in [-0.2, 0) is 5.41 Å². The lowest BCUT2D eigenvalue weighted by molar-refractivity contribution is 0.480. The Hall–Kier alpha value is -2.36. The van der Waals surface area contributed by atoms with Gasteiger partial charge >= 0.3 is 0 Å². The molecule has 4 heteroatoms. The molecule has 3 aromatic rings. The molecule has 1 unspecified atom stereocenters. The van der Waals surface area contributed by atoms with Gasteiger partial charge in [0.05, 0.1) is 5.69 Å². The number of fused-ring (bicyclic) bond motifs is 1. The number of aromatic amines is 1. The molecule has 1 atom stereocenters. The summed E-state index contributed by atoms with van der Waals surface area (Å²) in [5.41, 5.74) is 3.71. The lowest BCUT2D eigenvalue weighted by Gasteiger charge is -2.35. The molecule has 5 rings (SSSR count). The Labute approximate surface area is 154 Å². The van der Waals surface area contributed by atoms with Crippen LogP contribution < -0.4 is 4.90 Å². The van der Waals surface area contributed by atoms with Crippen molar-refractivity contribution >= 4 is 16.7 Å². The highest BCUT2D eigenvalue weighted by Gasteiger charge is 2.41. The number of benzene rings is 1. The summed E-state index contributed by atoms with van der Waals surface area (Å²) in [6, 6.07) is 11.3. The highest BCUT2D eigenvalue weighted by Crippen LogP contribution is 2.48. The lowest BCUT2D eigenvalue weighted by atomic mass is 10.0. The molecule has 26 heavy (non-hydrogen) atoms. The number of nitrogens with zero attached hydrogens (tertiary/aromatic N) is 3. The van der Waals surface area contributed by atoms with Crippen molar-refractivity contribution in [2.24, 2.45) is 0 Å². The monoisotopic (exact) mass is 346 g/mol. The molecule has 134 valence electrons. The van der Waals surface area contributed by atoms with E-state index in [-0.39, 0.29) is 5.41 Å². The van der Waals surface area contributed by atoms with Crippen LogP contribution in [0.2, 0.25) is 0 Å². The molecule has 1 saturated carbocycles. The maximum Gasteiger partial charge on any atom is 0.162 e. The smallest absolute Gasteiger partial charge is 0.162 e. The second-order valence-electron chi connectivity index (χ2n) is 8.28. The predicted molar refractivity (Wildman–Crippen MR) is 107 cm³/mol. The van der Waals surface area contributed by atoms with Crippen LogP contribution >= 0.6 is 0 Å². The number of rotatable bonds is 3.